The maximum Gasteiger partial charge on any atom is 0.339 e. The van der Waals surface area contributed by atoms with Crippen molar-refractivity contribution in [3.63, 3.8) is 0 Å². The molecule has 1 heterocycles. The van der Waals surface area contributed by atoms with Crippen molar-refractivity contribution in [2.24, 2.45) is 11.3 Å². The van der Waals surface area contributed by atoms with Crippen molar-refractivity contribution >= 4 is 22.8 Å². The predicted molar refractivity (Wildman–Crippen MR) is 124 cm³/mol. The minimum atomic E-state index is -0.426. The summed E-state index contributed by atoms with van der Waals surface area (Å²) >= 11 is 0. The van der Waals surface area contributed by atoms with E-state index in [1.807, 2.05) is 52.0 Å². The fraction of sp³-hybridized carbons (Fsp3) is 0.577. The summed E-state index contributed by atoms with van der Waals surface area (Å²) in [6.07, 6.45) is 2.72. The Balaban J connectivity index is 1.95. The van der Waals surface area contributed by atoms with Crippen LogP contribution in [0.15, 0.2) is 24.3 Å². The Morgan fingerprint density at radius 1 is 1.13 bits per heavy atom. The summed E-state index contributed by atoms with van der Waals surface area (Å²) in [5.74, 6) is -0.128. The van der Waals surface area contributed by atoms with Gasteiger partial charge in [-0.25, -0.2) is 4.79 Å². The summed E-state index contributed by atoms with van der Waals surface area (Å²) in [6.45, 7) is 14.4. The Bertz CT molecular complexity index is 965. The molecule has 168 valence electrons. The van der Waals surface area contributed by atoms with Gasteiger partial charge < -0.3 is 9.64 Å². The third kappa shape index (κ3) is 4.91. The van der Waals surface area contributed by atoms with E-state index in [0.717, 1.165) is 41.4 Å². The van der Waals surface area contributed by atoms with Crippen LogP contribution >= 0.6 is 0 Å². The number of fused-ring (bicyclic) bond motifs is 2. The normalized spacial score (nSPS) is 16.5. The average Bonchev–Trinajstić information content (AvgIpc) is 2.68. The number of para-hydroxylation sites is 1. The van der Waals surface area contributed by atoms with Gasteiger partial charge >= 0.3 is 5.97 Å². The molecule has 1 aliphatic carbocycles. The van der Waals surface area contributed by atoms with E-state index in [0.29, 0.717) is 11.5 Å². The zero-order valence-corrected chi connectivity index (χ0v) is 20.0. The van der Waals surface area contributed by atoms with Gasteiger partial charge in [-0.3, -0.25) is 9.78 Å². The third-order valence-electron chi connectivity index (χ3n) is 6.42. The molecular weight excluding hydrogens is 388 g/mol. The maximum absolute atomic E-state index is 13.3. The summed E-state index contributed by atoms with van der Waals surface area (Å²) in [6, 6.07) is 7.82. The van der Waals surface area contributed by atoms with Crippen LogP contribution in [0.1, 0.15) is 76.5 Å². The van der Waals surface area contributed by atoms with Gasteiger partial charge in [-0.05, 0) is 69.9 Å². The molecule has 0 spiro atoms. The van der Waals surface area contributed by atoms with Gasteiger partial charge in [0.2, 0.25) is 0 Å². The largest absolute Gasteiger partial charge is 0.452 e. The molecule has 1 aromatic heterocycles. The van der Waals surface area contributed by atoms with Gasteiger partial charge in [0.1, 0.15) is 0 Å². The van der Waals surface area contributed by atoms with Gasteiger partial charge in [0.05, 0.1) is 11.1 Å². The molecule has 1 aliphatic rings. The molecule has 0 fully saturated rings. The number of aromatic nitrogens is 1. The summed E-state index contributed by atoms with van der Waals surface area (Å²) in [5, 5.41) is 0.804. The number of amides is 1. The molecule has 0 bridgehead atoms. The highest BCUT2D eigenvalue weighted by atomic mass is 16.5. The van der Waals surface area contributed by atoms with Crippen molar-refractivity contribution in [3.05, 3.63) is 41.1 Å². The number of hydrogen-bond acceptors (Lipinski definition) is 4. The van der Waals surface area contributed by atoms with E-state index >= 15 is 0 Å². The molecule has 0 saturated heterocycles. The highest BCUT2D eigenvalue weighted by molar-refractivity contribution is 6.05. The number of pyridine rings is 1. The van der Waals surface area contributed by atoms with E-state index in [-0.39, 0.29) is 30.0 Å². The first-order valence-electron chi connectivity index (χ1n) is 11.4. The van der Waals surface area contributed by atoms with Gasteiger partial charge in [-0.1, -0.05) is 39.0 Å². The fourth-order valence-electron chi connectivity index (χ4n) is 4.81. The van der Waals surface area contributed by atoms with Crippen LogP contribution in [0.2, 0.25) is 0 Å². The highest BCUT2D eigenvalue weighted by Gasteiger charge is 2.33. The Morgan fingerprint density at radius 2 is 1.77 bits per heavy atom. The lowest BCUT2D eigenvalue weighted by atomic mass is 9.70. The molecule has 2 aromatic rings. The number of hydrogen-bond donors (Lipinski definition) is 0. The molecule has 1 unspecified atom stereocenters. The molecule has 0 N–H and O–H groups in total. The van der Waals surface area contributed by atoms with Gasteiger partial charge in [0.25, 0.3) is 5.91 Å². The Morgan fingerprint density at radius 3 is 2.39 bits per heavy atom. The van der Waals surface area contributed by atoms with Crippen LogP contribution in [0.3, 0.4) is 0 Å². The summed E-state index contributed by atoms with van der Waals surface area (Å²) in [5.41, 5.74) is 3.52. The van der Waals surface area contributed by atoms with Gasteiger partial charge in [0.15, 0.2) is 6.61 Å². The molecule has 1 amide bonds. The van der Waals surface area contributed by atoms with Crippen LogP contribution < -0.4 is 0 Å². The van der Waals surface area contributed by atoms with Crippen molar-refractivity contribution < 1.29 is 14.3 Å². The van der Waals surface area contributed by atoms with Crippen molar-refractivity contribution in [2.75, 3.05) is 6.61 Å². The van der Waals surface area contributed by atoms with Crippen molar-refractivity contribution in [3.8, 4) is 0 Å². The summed E-state index contributed by atoms with van der Waals surface area (Å²) in [7, 11) is 0. The van der Waals surface area contributed by atoms with Crippen LogP contribution in [0.25, 0.3) is 10.9 Å². The Labute approximate surface area is 186 Å². The second-order valence-corrected chi connectivity index (χ2v) is 10.3. The van der Waals surface area contributed by atoms with Gasteiger partial charge in [-0.2, -0.15) is 0 Å². The van der Waals surface area contributed by atoms with E-state index in [4.69, 9.17) is 9.72 Å². The number of esters is 1. The first-order valence-corrected chi connectivity index (χ1v) is 11.4. The molecule has 31 heavy (non-hydrogen) atoms. The van der Waals surface area contributed by atoms with Crippen molar-refractivity contribution in [1.82, 2.24) is 9.88 Å². The van der Waals surface area contributed by atoms with Crippen LogP contribution in [0.5, 0.6) is 0 Å². The molecule has 3 rings (SSSR count). The number of ether oxygens (including phenoxy) is 1. The first-order chi connectivity index (χ1) is 14.5. The minimum Gasteiger partial charge on any atom is -0.452 e. The van der Waals surface area contributed by atoms with E-state index < -0.39 is 5.97 Å². The smallest absolute Gasteiger partial charge is 0.339 e. The Hall–Kier alpha value is -2.43. The van der Waals surface area contributed by atoms with Crippen LogP contribution in [-0.2, 0) is 22.4 Å². The molecule has 1 aromatic carbocycles. The number of carbonyl (C=O) groups is 2. The van der Waals surface area contributed by atoms with E-state index in [1.54, 1.807) is 4.90 Å². The maximum atomic E-state index is 13.3. The van der Waals surface area contributed by atoms with E-state index in [2.05, 4.69) is 20.8 Å². The summed E-state index contributed by atoms with van der Waals surface area (Å²) < 4.78 is 5.61. The zero-order chi connectivity index (χ0) is 22.9. The SMILES string of the molecule is CC(C)N(C(=O)COC(=O)c1c2c(nc3ccccc13)CCC(C(C)(C)C)C2)C(C)C. The quantitative estimate of drug-likeness (QED) is 0.620. The van der Waals surface area contributed by atoms with E-state index in [1.165, 1.54) is 0 Å². The van der Waals surface area contributed by atoms with E-state index in [9.17, 15) is 9.59 Å². The predicted octanol–water partition coefficient (Wildman–Crippen LogP) is 5.19. The zero-order valence-electron chi connectivity index (χ0n) is 20.0. The van der Waals surface area contributed by atoms with Gasteiger partial charge in [0, 0.05) is 23.2 Å². The number of carbonyl (C=O) groups excluding carboxylic acids is 2. The lowest BCUT2D eigenvalue weighted by Crippen LogP contribution is -2.44. The third-order valence-corrected chi connectivity index (χ3v) is 6.42. The van der Waals surface area contributed by atoms with Gasteiger partial charge in [-0.15, -0.1) is 0 Å². The van der Waals surface area contributed by atoms with Crippen LogP contribution in [-0.4, -0.2) is 40.5 Å². The number of nitrogens with zero attached hydrogens (tertiary/aromatic N) is 2. The molecular formula is C26H36N2O3. The van der Waals surface area contributed by atoms with Crippen molar-refractivity contribution in [2.45, 2.75) is 79.8 Å². The second kappa shape index (κ2) is 8.97. The molecule has 5 nitrogen and oxygen atoms in total. The number of benzene rings is 1. The van der Waals surface area contributed by atoms with Crippen LogP contribution in [0, 0.1) is 11.3 Å². The molecule has 0 radical (unpaired) electrons. The monoisotopic (exact) mass is 424 g/mol. The average molecular weight is 425 g/mol. The minimum absolute atomic E-state index is 0.0493. The Kier molecular flexibility index (Phi) is 6.73. The standard InChI is InChI=1S/C26H36N2O3/c1-16(2)28(17(3)4)23(29)15-31-25(30)24-19-10-8-9-11-21(19)27-22-13-12-18(14-20(22)24)26(5,6)7/h8-11,16-18H,12-15H2,1-7H3. The lowest BCUT2D eigenvalue weighted by Gasteiger charge is -2.35. The summed E-state index contributed by atoms with van der Waals surface area (Å²) in [4.78, 5) is 32.7. The molecule has 0 aliphatic heterocycles. The highest BCUT2D eigenvalue weighted by Crippen LogP contribution is 2.39. The first kappa shape index (κ1) is 23.2. The number of rotatable bonds is 5. The molecule has 0 saturated carbocycles. The molecule has 1 atom stereocenters. The van der Waals surface area contributed by atoms with Crippen molar-refractivity contribution in [1.29, 1.82) is 0 Å². The number of aryl methyl sites for hydroxylation is 1. The lowest BCUT2D eigenvalue weighted by molar-refractivity contribution is -0.138. The molecule has 5 heteroatoms. The topological polar surface area (TPSA) is 59.5 Å². The fourth-order valence-corrected chi connectivity index (χ4v) is 4.81. The van der Waals surface area contributed by atoms with Crippen LogP contribution in [0.4, 0.5) is 0 Å². The second-order valence-electron chi connectivity index (χ2n) is 10.3.